The Bertz CT molecular complexity index is 5360. The quantitative estimate of drug-likeness (QED) is 0.0245. The molecule has 0 spiro atoms. The molecule has 6 heterocycles. The highest BCUT2D eigenvalue weighted by molar-refractivity contribution is 7.89. The SMILES string of the molecule is C=CCOC(=O)N1c2cc(OC[C@H](O)CC(=O)N3C[C@@H](CCl)c4c3cc(O)c3ccccc43)c(OC)cc2C(=O)N2CC=C(c3ccc(S(=O)(=O)NC)cc3)C[C@H]2C1O.CNS(=O)(=O)c1ccc(C2=CCN3C(=O)c4cc(OC)c(OC[C@H](O)CC(=O)N5C[C@@H](CCl)c6c5cc(O)c5ccccc65)cc4N=C[C@@H]3C2)cc1. The summed E-state index contributed by atoms with van der Waals surface area (Å²) < 4.78 is 82.0. The number of aliphatic imine (C=N–C) groups is 1. The van der Waals surface area contributed by atoms with Gasteiger partial charge in [0.2, 0.25) is 31.9 Å². The predicted molar refractivity (Wildman–Crippen MR) is 419 cm³/mol. The minimum absolute atomic E-state index is 0.000295. The van der Waals surface area contributed by atoms with Gasteiger partial charge >= 0.3 is 6.09 Å². The topological polar surface area (TPSA) is 354 Å². The van der Waals surface area contributed by atoms with E-state index in [-0.39, 0.29) is 143 Å². The molecule has 0 fully saturated rings. The Kier molecular flexibility index (Phi) is 23.2. The van der Waals surface area contributed by atoms with Crippen molar-refractivity contribution in [3.05, 3.63) is 192 Å². The van der Waals surface area contributed by atoms with E-state index in [1.807, 2.05) is 48.5 Å². The van der Waals surface area contributed by atoms with E-state index in [0.717, 1.165) is 37.9 Å². The number of alkyl halides is 2. The van der Waals surface area contributed by atoms with Crippen LogP contribution >= 0.6 is 23.2 Å². The van der Waals surface area contributed by atoms with Crippen molar-refractivity contribution in [3.8, 4) is 34.5 Å². The summed E-state index contributed by atoms with van der Waals surface area (Å²) in [6.07, 6.45) is 1.66. The summed E-state index contributed by atoms with van der Waals surface area (Å²) in [5.41, 5.74) is 6.66. The third kappa shape index (κ3) is 15.5. The van der Waals surface area contributed by atoms with Crippen molar-refractivity contribution < 1.29 is 90.0 Å². The Labute approximate surface area is 649 Å². The predicted octanol–water partition coefficient (Wildman–Crippen LogP) is 9.70. The molecule has 8 aromatic carbocycles. The van der Waals surface area contributed by atoms with Crippen LogP contribution in [-0.2, 0) is 34.4 Å². The van der Waals surface area contributed by atoms with Crippen LogP contribution in [0.1, 0.15) is 80.5 Å². The molecule has 7 atom stereocenters. The Hall–Kier alpha value is -10.6. The van der Waals surface area contributed by atoms with Crippen LogP contribution in [0.15, 0.2) is 173 Å². The molecule has 0 aromatic heterocycles. The molecule has 14 rings (SSSR count). The molecule has 6 aliphatic rings. The van der Waals surface area contributed by atoms with Gasteiger partial charge in [0.15, 0.2) is 29.2 Å². The van der Waals surface area contributed by atoms with E-state index >= 15 is 0 Å². The maximum atomic E-state index is 14.3. The van der Waals surface area contributed by atoms with Crippen molar-refractivity contribution in [2.45, 2.75) is 77.8 Å². The average molecular weight is 1590 g/mol. The number of nitrogens with zero attached hydrogens (tertiary/aromatic N) is 6. The van der Waals surface area contributed by atoms with E-state index in [1.165, 1.54) is 74.5 Å². The summed E-state index contributed by atoms with van der Waals surface area (Å²) in [6, 6.07) is 35.2. The van der Waals surface area contributed by atoms with Crippen LogP contribution < -0.4 is 43.1 Å². The van der Waals surface area contributed by atoms with Crippen LogP contribution in [0.5, 0.6) is 34.5 Å². The number of phenolic OH excluding ortho intramolecular Hbond substituents is 2. The highest BCUT2D eigenvalue weighted by Gasteiger charge is 2.46. The van der Waals surface area contributed by atoms with Gasteiger partial charge in [-0.1, -0.05) is 97.6 Å². The van der Waals surface area contributed by atoms with Crippen molar-refractivity contribution in [2.75, 3.05) is 101 Å². The number of aliphatic hydroxyl groups is 3. The van der Waals surface area contributed by atoms with E-state index in [0.29, 0.717) is 64.0 Å². The lowest BCUT2D eigenvalue weighted by Gasteiger charge is -2.38. The number of anilines is 3. The van der Waals surface area contributed by atoms with Crippen LogP contribution in [0.25, 0.3) is 32.7 Å². The summed E-state index contributed by atoms with van der Waals surface area (Å²) in [7, 11) is -1.77. The Morgan fingerprint density at radius 2 is 1.07 bits per heavy atom. The second kappa shape index (κ2) is 32.8. The zero-order chi connectivity index (χ0) is 78.9. The number of benzene rings is 8. The first-order chi connectivity index (χ1) is 53.3. The van der Waals surface area contributed by atoms with E-state index in [9.17, 15) is 66.3 Å². The minimum atomic E-state index is -3.68. The van der Waals surface area contributed by atoms with Crippen LogP contribution in [0.3, 0.4) is 0 Å². The van der Waals surface area contributed by atoms with E-state index in [1.54, 1.807) is 82.8 Å². The number of nitrogens with one attached hydrogen (secondary N) is 2. The molecule has 1 unspecified atom stereocenters. The number of aliphatic hydroxyl groups excluding tert-OH is 3. The number of halogens is 2. The first kappa shape index (κ1) is 78.5. The summed E-state index contributed by atoms with van der Waals surface area (Å²) in [5.74, 6) is -0.666. The summed E-state index contributed by atoms with van der Waals surface area (Å²) in [6.45, 7) is 3.70. The van der Waals surface area contributed by atoms with Crippen LogP contribution in [0, 0.1) is 0 Å². The summed E-state index contributed by atoms with van der Waals surface area (Å²) in [5, 5.41) is 58.4. The fourth-order valence-electron chi connectivity index (χ4n) is 15.0. The minimum Gasteiger partial charge on any atom is -0.507 e. The number of methoxy groups -OCH3 is 2. The highest BCUT2D eigenvalue weighted by atomic mass is 35.5. The van der Waals surface area contributed by atoms with Gasteiger partial charge in [-0.2, -0.15) is 0 Å². The second-order valence-corrected chi connectivity index (χ2v) is 31.5. The number of phenols is 2. The Morgan fingerprint density at radius 1 is 0.613 bits per heavy atom. The highest BCUT2D eigenvalue weighted by Crippen LogP contribution is 2.49. The molecule has 580 valence electrons. The number of rotatable bonds is 22. The molecule has 8 aromatic rings. The van der Waals surface area contributed by atoms with Crippen LogP contribution in [-0.4, -0.2) is 205 Å². The lowest BCUT2D eigenvalue weighted by atomic mass is 9.93. The number of hydrogen-bond donors (Lipinski definition) is 7. The molecule has 0 saturated carbocycles. The molecule has 0 aliphatic carbocycles. The fraction of sp³-hybridized carbons (Fsp3) is 0.300. The van der Waals surface area contributed by atoms with Gasteiger partial charge in [0.25, 0.3) is 11.8 Å². The number of amides is 5. The largest absolute Gasteiger partial charge is 0.507 e. The van der Waals surface area contributed by atoms with Gasteiger partial charge in [-0.25, -0.2) is 36.0 Å². The lowest BCUT2D eigenvalue weighted by molar-refractivity contribution is -0.121. The average Bonchev–Trinajstić information content (AvgIpc) is 1.63. The third-order valence-corrected chi connectivity index (χ3v) is 24.2. The molecule has 0 radical (unpaired) electrons. The molecule has 5 amide bonds. The van der Waals surface area contributed by atoms with Crippen molar-refractivity contribution in [2.24, 2.45) is 4.99 Å². The molecule has 0 bridgehead atoms. The summed E-state index contributed by atoms with van der Waals surface area (Å²) >= 11 is 12.7. The molecular formula is C80H80Cl2N8O19S2. The fourth-order valence-corrected chi connectivity index (χ4v) is 16.9. The molecular weight excluding hydrogens is 1510 g/mol. The van der Waals surface area contributed by atoms with Crippen molar-refractivity contribution in [1.82, 2.24) is 19.2 Å². The van der Waals surface area contributed by atoms with Gasteiger partial charge in [-0.15, -0.1) is 23.2 Å². The molecule has 31 heteroatoms. The van der Waals surface area contributed by atoms with Crippen molar-refractivity contribution in [1.29, 1.82) is 0 Å². The van der Waals surface area contributed by atoms with Gasteiger partial charge < -0.3 is 68.8 Å². The second-order valence-electron chi connectivity index (χ2n) is 27.1. The van der Waals surface area contributed by atoms with Gasteiger partial charge in [0, 0.05) is 91.0 Å². The van der Waals surface area contributed by atoms with E-state index in [4.69, 9.17) is 46.9 Å². The molecule has 0 saturated heterocycles. The van der Waals surface area contributed by atoms with Gasteiger partial charge in [-0.05, 0) is 108 Å². The molecule has 111 heavy (non-hydrogen) atoms. The maximum absolute atomic E-state index is 14.3. The number of hydrogen-bond acceptors (Lipinski definition) is 20. The number of ether oxygens (including phenoxy) is 5. The maximum Gasteiger partial charge on any atom is 0.416 e. The monoisotopic (exact) mass is 1590 g/mol. The number of carbonyl (C=O) groups is 5. The normalized spacial score (nSPS) is 19.0. The number of aromatic hydroxyl groups is 2. The van der Waals surface area contributed by atoms with Crippen LogP contribution in [0.2, 0.25) is 0 Å². The van der Waals surface area contributed by atoms with Crippen LogP contribution in [0.4, 0.5) is 27.5 Å². The Balaban J connectivity index is 0.000000196. The standard InChI is InChI=1S/C42H43ClN4O11S.C38H37ClN4O8S/c1-4-15-57-42(53)47-32-20-37(58-23-27(48)17-38(50)46-22-26(21-43)39-30-8-6-5-7-29(30)35(49)19-33(39)46)36(56-3)18-31(32)40(51)45-14-13-25(16-34(45)41(47)52)24-9-11-28(12-10-24)59(54,55)44-2;1-40-52(48,49)27-9-7-22(8-10-27)23-11-12-42-25(13-23)19-41-31-16-35(34(50-2)15-30(31)38(42)47)51-21-26(44)14-36(46)43-20-24(18-39)37-29-6-4-3-5-28(29)33(45)17-32(37)43/h4-13,18-20,26-27,34,41,44,48-49,52H,1,14-17,21-23H2,2-3H3;3-11,15-17,19,24-26,40,44-45H,12-14,18,20-21H2,1-2H3/t26-,27-,34+,41?;24-,25+,26-/m11/s1. The number of sulfonamides is 2. The zero-order valence-corrected chi connectivity index (χ0v) is 63.8. The molecule has 7 N–H and O–H groups in total. The third-order valence-electron chi connectivity index (χ3n) is 20.6. The van der Waals surface area contributed by atoms with Gasteiger partial charge in [-0.3, -0.25) is 24.2 Å². The smallest absolute Gasteiger partial charge is 0.416 e. The van der Waals surface area contributed by atoms with Crippen molar-refractivity contribution >= 4 is 135 Å². The number of carbonyl (C=O) groups excluding carboxylic acids is 5. The summed E-state index contributed by atoms with van der Waals surface area (Å²) in [4.78, 5) is 80.9. The Morgan fingerprint density at radius 3 is 1.55 bits per heavy atom. The van der Waals surface area contributed by atoms with E-state index in [2.05, 4.69) is 21.0 Å². The van der Waals surface area contributed by atoms with Crippen molar-refractivity contribution in [3.63, 3.8) is 0 Å². The number of fused-ring (bicyclic) bond motifs is 10. The lowest BCUT2D eigenvalue weighted by Crippen LogP contribution is -2.54. The molecule has 27 nitrogen and oxygen atoms in total. The molecule has 6 aliphatic heterocycles. The zero-order valence-electron chi connectivity index (χ0n) is 60.7. The van der Waals surface area contributed by atoms with E-state index < -0.39 is 69.0 Å². The van der Waals surface area contributed by atoms with Gasteiger partial charge in [0.05, 0.1) is 95.0 Å². The first-order valence-corrected chi connectivity index (χ1v) is 39.5. The van der Waals surface area contributed by atoms with Gasteiger partial charge in [0.1, 0.15) is 31.3 Å². The first-order valence-electron chi connectivity index (χ1n) is 35.5.